The smallest absolute Gasteiger partial charge is 0.308 e. The third kappa shape index (κ3) is 3.20. The van der Waals surface area contributed by atoms with Crippen LogP contribution in [0.1, 0.15) is 24.8 Å². The molecule has 0 aromatic heterocycles. The van der Waals surface area contributed by atoms with Crippen molar-refractivity contribution in [1.82, 2.24) is 4.72 Å². The highest BCUT2D eigenvalue weighted by molar-refractivity contribution is 7.89. The number of carbonyl (C=O) groups excluding carboxylic acids is 1. The van der Waals surface area contributed by atoms with E-state index in [9.17, 15) is 18.3 Å². The lowest BCUT2D eigenvalue weighted by Crippen LogP contribution is -2.43. The first-order valence-corrected chi connectivity index (χ1v) is 10.1. The number of sulfonamides is 1. The predicted molar refractivity (Wildman–Crippen MR) is 96.1 cm³/mol. The number of ether oxygens (including phenoxy) is 2. The summed E-state index contributed by atoms with van der Waals surface area (Å²) in [5, 5.41) is 10.5. The van der Waals surface area contributed by atoms with Gasteiger partial charge in [0.15, 0.2) is 11.5 Å². The van der Waals surface area contributed by atoms with Crippen LogP contribution in [-0.4, -0.2) is 37.7 Å². The monoisotopic (exact) mass is 389 g/mol. The number of aliphatic hydroxyl groups is 1. The van der Waals surface area contributed by atoms with Gasteiger partial charge < -0.3 is 14.6 Å². The lowest BCUT2D eigenvalue weighted by atomic mass is 9.94. The molecule has 1 saturated carbocycles. The number of benzene rings is 2. The lowest BCUT2D eigenvalue weighted by molar-refractivity contribution is -0.132. The fourth-order valence-electron chi connectivity index (χ4n) is 3.82. The Morgan fingerprint density at radius 3 is 2.63 bits per heavy atom. The van der Waals surface area contributed by atoms with E-state index in [0.717, 1.165) is 5.56 Å². The van der Waals surface area contributed by atoms with Crippen molar-refractivity contribution >= 4 is 16.0 Å². The molecule has 0 amide bonds. The average Bonchev–Trinajstić information content (AvgIpc) is 3.12. The molecule has 0 bridgehead atoms. The number of rotatable bonds is 4. The molecular formula is C19H19NO6S. The summed E-state index contributed by atoms with van der Waals surface area (Å²) >= 11 is 0. The van der Waals surface area contributed by atoms with Gasteiger partial charge in [0.2, 0.25) is 10.0 Å². The Kier molecular flexibility index (Phi) is 4.41. The van der Waals surface area contributed by atoms with Gasteiger partial charge in [-0.25, -0.2) is 13.1 Å². The van der Waals surface area contributed by atoms with E-state index in [-0.39, 0.29) is 17.2 Å². The fraction of sp³-hybridized carbons (Fsp3) is 0.316. The van der Waals surface area contributed by atoms with Crippen LogP contribution in [0.15, 0.2) is 53.4 Å². The van der Waals surface area contributed by atoms with Crippen molar-refractivity contribution in [3.63, 3.8) is 0 Å². The molecule has 2 aromatic carbocycles. The summed E-state index contributed by atoms with van der Waals surface area (Å²) in [6, 6.07) is 12.4. The number of fused-ring (bicyclic) bond motifs is 3. The van der Waals surface area contributed by atoms with Gasteiger partial charge in [0.1, 0.15) is 6.10 Å². The molecule has 27 heavy (non-hydrogen) atoms. The van der Waals surface area contributed by atoms with E-state index in [1.165, 1.54) is 19.1 Å². The van der Waals surface area contributed by atoms with E-state index in [4.69, 9.17) is 9.47 Å². The molecule has 0 saturated heterocycles. The van der Waals surface area contributed by atoms with Gasteiger partial charge in [0.05, 0.1) is 17.0 Å². The van der Waals surface area contributed by atoms with Crippen LogP contribution in [0.25, 0.3) is 0 Å². The average molecular weight is 389 g/mol. The zero-order valence-electron chi connectivity index (χ0n) is 14.5. The van der Waals surface area contributed by atoms with Crippen molar-refractivity contribution in [3.05, 3.63) is 54.1 Å². The maximum absolute atomic E-state index is 12.7. The van der Waals surface area contributed by atoms with Gasteiger partial charge >= 0.3 is 5.97 Å². The van der Waals surface area contributed by atoms with Gasteiger partial charge in [-0.15, -0.1) is 0 Å². The topological polar surface area (TPSA) is 102 Å². The molecule has 2 aromatic rings. The molecule has 2 N–H and O–H groups in total. The van der Waals surface area contributed by atoms with Crippen molar-refractivity contribution in [2.24, 2.45) is 0 Å². The minimum atomic E-state index is -3.80. The number of aliphatic hydroxyl groups excluding tert-OH is 1. The van der Waals surface area contributed by atoms with Crippen LogP contribution < -0.4 is 14.2 Å². The van der Waals surface area contributed by atoms with Gasteiger partial charge in [0, 0.05) is 24.8 Å². The molecular weight excluding hydrogens is 370 g/mol. The minimum Gasteiger partial charge on any atom is -0.485 e. The SMILES string of the molecule is CC(=O)Oc1cccc2c1OC1CC(O)C(NS(=O)(=O)c3ccccc3)[C@@H]21. The number of para-hydroxylation sites is 1. The van der Waals surface area contributed by atoms with Crippen molar-refractivity contribution in [3.8, 4) is 11.5 Å². The number of hydrogen-bond donors (Lipinski definition) is 2. The largest absolute Gasteiger partial charge is 0.485 e. The third-order valence-corrected chi connectivity index (χ3v) is 6.39. The molecule has 1 aliphatic heterocycles. The summed E-state index contributed by atoms with van der Waals surface area (Å²) in [6.07, 6.45) is -1.000. The summed E-state index contributed by atoms with van der Waals surface area (Å²) < 4.78 is 39.2. The summed E-state index contributed by atoms with van der Waals surface area (Å²) in [6.45, 7) is 1.30. The molecule has 142 valence electrons. The summed E-state index contributed by atoms with van der Waals surface area (Å²) in [7, 11) is -3.80. The number of nitrogens with one attached hydrogen (secondary N) is 1. The van der Waals surface area contributed by atoms with Gasteiger partial charge in [-0.2, -0.15) is 0 Å². The second kappa shape index (κ2) is 6.63. The van der Waals surface area contributed by atoms with Crippen LogP contribution >= 0.6 is 0 Å². The minimum absolute atomic E-state index is 0.133. The molecule has 3 unspecified atom stereocenters. The lowest BCUT2D eigenvalue weighted by Gasteiger charge is -2.22. The molecule has 2 aliphatic rings. The zero-order valence-corrected chi connectivity index (χ0v) is 15.3. The maximum Gasteiger partial charge on any atom is 0.308 e. The van der Waals surface area contributed by atoms with Gasteiger partial charge in [0.25, 0.3) is 0 Å². The fourth-order valence-corrected chi connectivity index (χ4v) is 5.14. The highest BCUT2D eigenvalue weighted by Gasteiger charge is 2.51. The molecule has 7 nitrogen and oxygen atoms in total. The van der Waals surface area contributed by atoms with Crippen molar-refractivity contribution in [2.75, 3.05) is 0 Å². The maximum atomic E-state index is 12.7. The Balaban J connectivity index is 1.67. The predicted octanol–water partition coefficient (Wildman–Crippen LogP) is 1.57. The third-order valence-electron chi connectivity index (χ3n) is 4.91. The highest BCUT2D eigenvalue weighted by atomic mass is 32.2. The number of carbonyl (C=O) groups is 1. The number of esters is 1. The summed E-state index contributed by atoms with van der Waals surface area (Å²) in [4.78, 5) is 11.4. The molecule has 4 atom stereocenters. The summed E-state index contributed by atoms with van der Waals surface area (Å²) in [5.74, 6) is -0.110. The second-order valence-corrected chi connectivity index (χ2v) is 8.43. The number of hydrogen-bond acceptors (Lipinski definition) is 6. The molecule has 1 fully saturated rings. The molecule has 1 aliphatic carbocycles. The van der Waals surface area contributed by atoms with Crippen LogP contribution in [0.2, 0.25) is 0 Å². The highest BCUT2D eigenvalue weighted by Crippen LogP contribution is 2.51. The molecule has 1 heterocycles. The van der Waals surface area contributed by atoms with Gasteiger partial charge in [-0.1, -0.05) is 30.3 Å². The molecule has 0 radical (unpaired) electrons. The first-order valence-electron chi connectivity index (χ1n) is 8.60. The Hall–Kier alpha value is -2.42. The molecule has 4 rings (SSSR count). The first-order chi connectivity index (χ1) is 12.9. The normalized spacial score (nSPS) is 26.1. The van der Waals surface area contributed by atoms with Gasteiger partial charge in [-0.3, -0.25) is 4.79 Å². The summed E-state index contributed by atoms with van der Waals surface area (Å²) in [5.41, 5.74) is 0.719. The van der Waals surface area contributed by atoms with E-state index in [1.54, 1.807) is 36.4 Å². The molecule has 0 spiro atoms. The molecule has 8 heteroatoms. The quantitative estimate of drug-likeness (QED) is 0.608. The van der Waals surface area contributed by atoms with E-state index in [1.807, 2.05) is 0 Å². The Morgan fingerprint density at radius 1 is 1.19 bits per heavy atom. The zero-order chi connectivity index (χ0) is 19.2. The van der Waals surface area contributed by atoms with Crippen LogP contribution in [0.5, 0.6) is 11.5 Å². The Labute approximate surface area is 157 Å². The van der Waals surface area contributed by atoms with Crippen molar-refractivity contribution in [2.45, 2.75) is 42.4 Å². The standard InChI is InChI=1S/C19H19NO6S/c1-11(21)25-15-9-5-8-13-17-16(26-19(13)15)10-14(22)18(17)20-27(23,24)12-6-3-2-4-7-12/h2-9,14,16-18,20,22H,10H2,1H3/t14?,16?,17-,18?/m0/s1. The first kappa shape index (κ1) is 18.0. The van der Waals surface area contributed by atoms with E-state index < -0.39 is 34.2 Å². The Bertz CT molecular complexity index is 975. The Morgan fingerprint density at radius 2 is 1.93 bits per heavy atom. The van der Waals surface area contributed by atoms with Gasteiger partial charge in [-0.05, 0) is 18.2 Å². The van der Waals surface area contributed by atoms with Crippen LogP contribution in [0, 0.1) is 0 Å². The van der Waals surface area contributed by atoms with E-state index in [0.29, 0.717) is 11.5 Å². The second-order valence-electron chi connectivity index (χ2n) is 6.71. The van der Waals surface area contributed by atoms with E-state index >= 15 is 0 Å². The van der Waals surface area contributed by atoms with Crippen LogP contribution in [0.4, 0.5) is 0 Å². The van der Waals surface area contributed by atoms with Crippen LogP contribution in [-0.2, 0) is 14.8 Å². The van der Waals surface area contributed by atoms with Crippen LogP contribution in [0.3, 0.4) is 0 Å². The van der Waals surface area contributed by atoms with E-state index in [2.05, 4.69) is 4.72 Å². The van der Waals surface area contributed by atoms with Crippen molar-refractivity contribution < 1.29 is 27.8 Å². The van der Waals surface area contributed by atoms with Crippen molar-refractivity contribution in [1.29, 1.82) is 0 Å².